The molecule has 9 heteroatoms. The zero-order valence-electron chi connectivity index (χ0n) is 23.9. The van der Waals surface area contributed by atoms with Crippen molar-refractivity contribution < 1.29 is 0 Å². The Morgan fingerprint density at radius 2 is 1.54 bits per heavy atom. The van der Waals surface area contributed by atoms with Crippen molar-refractivity contribution in [3.05, 3.63) is 102 Å². The van der Waals surface area contributed by atoms with Gasteiger partial charge in [0.1, 0.15) is 16.7 Å². The second kappa shape index (κ2) is 14.0. The van der Waals surface area contributed by atoms with Crippen molar-refractivity contribution in [1.82, 2.24) is 34.8 Å². The Hall–Kier alpha value is -4.08. The molecule has 0 radical (unpaired) electrons. The predicted molar refractivity (Wildman–Crippen MR) is 165 cm³/mol. The summed E-state index contributed by atoms with van der Waals surface area (Å²) < 4.78 is 0. The average molecular weight is 565 g/mol. The maximum Gasteiger partial charge on any atom is 0.142 e. The van der Waals surface area contributed by atoms with E-state index < -0.39 is 0 Å². The second-order valence-corrected chi connectivity index (χ2v) is 10.6. The molecule has 0 atom stereocenters. The Labute approximate surface area is 246 Å². The summed E-state index contributed by atoms with van der Waals surface area (Å²) in [6.45, 7) is 10.2. The third kappa shape index (κ3) is 7.17. The van der Waals surface area contributed by atoms with Crippen LogP contribution in [0.5, 0.6) is 0 Å². The lowest BCUT2D eigenvalue weighted by molar-refractivity contribution is 0.232. The number of nitrogens with zero attached hydrogens (tertiary/aromatic N) is 8. The molecule has 1 aliphatic heterocycles. The summed E-state index contributed by atoms with van der Waals surface area (Å²) in [6.07, 6.45) is 11.3. The van der Waals surface area contributed by atoms with E-state index >= 15 is 0 Å². The third-order valence-corrected chi connectivity index (χ3v) is 7.80. The molecule has 5 heterocycles. The van der Waals surface area contributed by atoms with Crippen LogP contribution in [-0.2, 0) is 26.1 Å². The molecule has 1 aliphatic rings. The van der Waals surface area contributed by atoms with Crippen LogP contribution < -0.4 is 4.90 Å². The van der Waals surface area contributed by atoms with Gasteiger partial charge in [0.25, 0.3) is 0 Å². The maximum absolute atomic E-state index is 4.98. The van der Waals surface area contributed by atoms with Crippen LogP contribution in [0.15, 0.2) is 79.5 Å². The van der Waals surface area contributed by atoms with Gasteiger partial charge in [-0.15, -0.1) is 11.3 Å². The first kappa shape index (κ1) is 28.4. The van der Waals surface area contributed by atoms with Gasteiger partial charge in [0, 0.05) is 56.3 Å². The van der Waals surface area contributed by atoms with Gasteiger partial charge < -0.3 is 4.90 Å². The van der Waals surface area contributed by atoms with Crippen LogP contribution in [0.2, 0.25) is 0 Å². The number of pyridine rings is 1. The number of aromatic nitrogens is 6. The van der Waals surface area contributed by atoms with E-state index in [-0.39, 0.29) is 0 Å². The van der Waals surface area contributed by atoms with Crippen LogP contribution in [0, 0.1) is 0 Å². The van der Waals surface area contributed by atoms with Crippen molar-refractivity contribution in [3.8, 4) is 21.1 Å². The largest absolute Gasteiger partial charge is 0.371 e. The van der Waals surface area contributed by atoms with E-state index in [1.165, 1.54) is 23.2 Å². The minimum atomic E-state index is 0.570. The summed E-state index contributed by atoms with van der Waals surface area (Å²) in [5.41, 5.74) is 5.87. The van der Waals surface area contributed by atoms with Crippen LogP contribution in [0.3, 0.4) is 0 Å². The van der Waals surface area contributed by atoms with E-state index in [0.717, 1.165) is 52.4 Å². The smallest absolute Gasteiger partial charge is 0.142 e. The minimum absolute atomic E-state index is 0.570. The number of rotatable bonds is 10. The lowest BCUT2D eigenvalue weighted by Crippen LogP contribution is -2.25. The zero-order valence-corrected chi connectivity index (χ0v) is 24.8. The summed E-state index contributed by atoms with van der Waals surface area (Å²) in [5.74, 6) is 1.50. The standard InChI is InChI=1S/C30H30N8S.C2H6/c1-2-15-38-16-10-22-17-23(8-9-26(22)38)27-18-35-30(39-27)25-7-3-6-24(36-25)19-37(20-28-31-11-4-12-32-28)21-29-33-13-5-14-34-29;1-2/h3-9,11-14,17-18H,2,10,15-16,19-21H2,1H3;1-2H3. The third-order valence-electron chi connectivity index (χ3n) is 6.74. The maximum atomic E-state index is 4.98. The molecule has 0 N–H and O–H groups in total. The Morgan fingerprint density at radius 3 is 2.22 bits per heavy atom. The molecule has 8 nitrogen and oxygen atoms in total. The molecule has 210 valence electrons. The molecule has 6 rings (SSSR count). The molecule has 0 aliphatic carbocycles. The predicted octanol–water partition coefficient (Wildman–Crippen LogP) is 6.45. The molecule has 0 fully saturated rings. The SMILES string of the molecule is CC.CCCN1CCc2cc(-c3cnc(-c4cccc(CN(Cc5ncccn5)Cc5ncccn5)n4)s3)ccc21. The van der Waals surface area contributed by atoms with Gasteiger partial charge in [-0.25, -0.2) is 29.9 Å². The molecular weight excluding hydrogens is 528 g/mol. The van der Waals surface area contributed by atoms with Crippen molar-refractivity contribution in [2.24, 2.45) is 0 Å². The van der Waals surface area contributed by atoms with E-state index in [1.54, 1.807) is 36.1 Å². The first-order valence-corrected chi connectivity index (χ1v) is 15.1. The number of thiazole rings is 1. The highest BCUT2D eigenvalue weighted by atomic mass is 32.1. The van der Waals surface area contributed by atoms with E-state index in [2.05, 4.69) is 54.9 Å². The molecule has 0 bridgehead atoms. The summed E-state index contributed by atoms with van der Waals surface area (Å²) >= 11 is 1.69. The first-order chi connectivity index (χ1) is 20.2. The van der Waals surface area contributed by atoms with Gasteiger partial charge in [-0.05, 0) is 60.4 Å². The van der Waals surface area contributed by atoms with E-state index in [1.807, 2.05) is 50.4 Å². The van der Waals surface area contributed by atoms with Crippen molar-refractivity contribution >= 4 is 17.0 Å². The highest BCUT2D eigenvalue weighted by molar-refractivity contribution is 7.18. The quantitative estimate of drug-likeness (QED) is 0.191. The molecule has 0 saturated carbocycles. The van der Waals surface area contributed by atoms with E-state index in [0.29, 0.717) is 19.6 Å². The van der Waals surface area contributed by atoms with Gasteiger partial charge in [0.2, 0.25) is 0 Å². The van der Waals surface area contributed by atoms with Gasteiger partial charge >= 0.3 is 0 Å². The van der Waals surface area contributed by atoms with E-state index in [9.17, 15) is 0 Å². The molecule has 5 aromatic rings. The molecule has 0 saturated heterocycles. The van der Waals surface area contributed by atoms with Crippen molar-refractivity contribution in [2.75, 3.05) is 18.0 Å². The number of anilines is 1. The number of hydrogen-bond donors (Lipinski definition) is 0. The van der Waals surface area contributed by atoms with Crippen LogP contribution in [0.4, 0.5) is 5.69 Å². The molecule has 0 unspecified atom stereocenters. The normalized spacial score (nSPS) is 12.2. The highest BCUT2D eigenvalue weighted by Crippen LogP contribution is 2.36. The fraction of sp³-hybridized carbons (Fsp3) is 0.312. The topological polar surface area (TPSA) is 83.8 Å². The number of hydrogen-bond acceptors (Lipinski definition) is 9. The average Bonchev–Trinajstić information content (AvgIpc) is 3.67. The zero-order chi connectivity index (χ0) is 28.4. The Morgan fingerprint density at radius 1 is 0.829 bits per heavy atom. The second-order valence-electron chi connectivity index (χ2n) is 9.60. The molecule has 1 aromatic carbocycles. The van der Waals surface area contributed by atoms with Gasteiger partial charge in [-0.2, -0.15) is 0 Å². The van der Waals surface area contributed by atoms with Crippen LogP contribution in [0.25, 0.3) is 21.1 Å². The van der Waals surface area contributed by atoms with Crippen LogP contribution in [0.1, 0.15) is 50.1 Å². The number of benzene rings is 1. The van der Waals surface area contributed by atoms with Crippen molar-refractivity contribution in [1.29, 1.82) is 0 Å². The van der Waals surface area contributed by atoms with Gasteiger partial charge in [-0.3, -0.25) is 4.90 Å². The fourth-order valence-electron chi connectivity index (χ4n) is 4.96. The molecule has 4 aromatic heterocycles. The lowest BCUT2D eigenvalue weighted by Gasteiger charge is -2.20. The monoisotopic (exact) mass is 564 g/mol. The highest BCUT2D eigenvalue weighted by Gasteiger charge is 2.19. The fourth-order valence-corrected chi connectivity index (χ4v) is 5.84. The molecule has 0 spiro atoms. The van der Waals surface area contributed by atoms with Gasteiger partial charge in [0.15, 0.2) is 0 Å². The molecule has 41 heavy (non-hydrogen) atoms. The molecular formula is C32H36N8S. The first-order valence-electron chi connectivity index (χ1n) is 14.3. The Kier molecular flexibility index (Phi) is 9.72. The van der Waals surface area contributed by atoms with Crippen molar-refractivity contribution in [3.63, 3.8) is 0 Å². The van der Waals surface area contributed by atoms with Crippen molar-refractivity contribution in [2.45, 2.75) is 53.2 Å². The van der Waals surface area contributed by atoms with Crippen LogP contribution in [-0.4, -0.2) is 47.9 Å². The summed E-state index contributed by atoms with van der Waals surface area (Å²) in [7, 11) is 0. The minimum Gasteiger partial charge on any atom is -0.371 e. The summed E-state index contributed by atoms with van der Waals surface area (Å²) in [4.78, 5) is 33.2. The van der Waals surface area contributed by atoms with E-state index in [4.69, 9.17) is 9.97 Å². The Balaban J connectivity index is 0.00000165. The van der Waals surface area contributed by atoms with Crippen LogP contribution >= 0.6 is 11.3 Å². The number of fused-ring (bicyclic) bond motifs is 1. The van der Waals surface area contributed by atoms with Gasteiger partial charge in [-0.1, -0.05) is 32.9 Å². The summed E-state index contributed by atoms with van der Waals surface area (Å²) in [5, 5.41) is 0.921. The molecule has 0 amide bonds. The Bertz CT molecular complexity index is 1480. The summed E-state index contributed by atoms with van der Waals surface area (Å²) in [6, 6.07) is 16.6. The van der Waals surface area contributed by atoms with Gasteiger partial charge in [0.05, 0.1) is 29.4 Å². The lowest BCUT2D eigenvalue weighted by atomic mass is 10.1.